The molecule has 0 aliphatic heterocycles. The lowest BCUT2D eigenvalue weighted by Crippen LogP contribution is -2.34. The van der Waals surface area contributed by atoms with Crippen molar-refractivity contribution in [3.05, 3.63) is 16.1 Å². The zero-order chi connectivity index (χ0) is 15.1. The molecule has 1 aromatic rings. The van der Waals surface area contributed by atoms with Crippen LogP contribution >= 0.6 is 11.3 Å². The maximum atomic E-state index is 10.0. The number of aliphatic hydroxyl groups is 1. The molecular weight excluding hydrogens is 284 g/mol. The predicted octanol–water partition coefficient (Wildman–Crippen LogP) is 2.89. The van der Waals surface area contributed by atoms with Crippen LogP contribution in [-0.2, 0) is 11.3 Å². The third-order valence-electron chi connectivity index (χ3n) is 4.22. The van der Waals surface area contributed by atoms with E-state index in [1.54, 1.807) is 11.3 Å². The summed E-state index contributed by atoms with van der Waals surface area (Å²) in [6.07, 6.45) is 6.11. The Morgan fingerprint density at radius 1 is 1.48 bits per heavy atom. The zero-order valence-electron chi connectivity index (χ0n) is 13.2. The first-order chi connectivity index (χ1) is 10.2. The summed E-state index contributed by atoms with van der Waals surface area (Å²) >= 11 is 1.66. The maximum Gasteiger partial charge on any atom is 0.0897 e. The van der Waals surface area contributed by atoms with Gasteiger partial charge in [0, 0.05) is 18.5 Å². The van der Waals surface area contributed by atoms with E-state index < -0.39 is 6.10 Å². The number of hydrogen-bond donors (Lipinski definition) is 2. The van der Waals surface area contributed by atoms with Gasteiger partial charge in [0.1, 0.15) is 0 Å². The summed E-state index contributed by atoms with van der Waals surface area (Å²) in [6, 6.07) is 0. The molecule has 0 radical (unpaired) electrons. The van der Waals surface area contributed by atoms with Crippen LogP contribution in [0.25, 0.3) is 0 Å². The molecule has 120 valence electrons. The van der Waals surface area contributed by atoms with Crippen LogP contribution in [0.1, 0.15) is 49.7 Å². The first-order valence-electron chi connectivity index (χ1n) is 8.10. The Hall–Kier alpha value is -0.490. The Bertz CT molecular complexity index is 411. The highest BCUT2D eigenvalue weighted by atomic mass is 32.1. The third-order valence-corrected chi connectivity index (χ3v) is 5.04. The molecule has 2 N–H and O–H groups in total. The number of aliphatic hydroxyl groups excluding tert-OH is 1. The number of hydrogen-bond acceptors (Lipinski definition) is 5. The van der Waals surface area contributed by atoms with Crippen molar-refractivity contribution in [3.8, 4) is 0 Å². The Kier molecular flexibility index (Phi) is 7.10. The second-order valence-electron chi connectivity index (χ2n) is 5.97. The standard InChI is InChI=1S/C16H28N2O2S/c1-3-13-6-4-5-7-16(13)20-10-15(19)9-17-8-14-11-21-12(2)18-14/h11,13,15-17,19H,3-10H2,1-2H3. The first kappa shape index (κ1) is 16.9. The van der Waals surface area contributed by atoms with Crippen LogP contribution < -0.4 is 5.32 Å². The van der Waals surface area contributed by atoms with Gasteiger partial charge in [0.25, 0.3) is 0 Å². The number of nitrogens with one attached hydrogen (secondary N) is 1. The highest BCUT2D eigenvalue weighted by Crippen LogP contribution is 2.29. The van der Waals surface area contributed by atoms with Gasteiger partial charge in [-0.2, -0.15) is 0 Å². The van der Waals surface area contributed by atoms with Crippen LogP contribution in [0.3, 0.4) is 0 Å². The summed E-state index contributed by atoms with van der Waals surface area (Å²) in [6.45, 7) is 5.94. The Morgan fingerprint density at radius 3 is 3.00 bits per heavy atom. The number of nitrogens with zero attached hydrogens (tertiary/aromatic N) is 1. The van der Waals surface area contributed by atoms with Crippen molar-refractivity contribution < 1.29 is 9.84 Å². The molecule has 0 saturated heterocycles. The number of rotatable bonds is 8. The van der Waals surface area contributed by atoms with Gasteiger partial charge in [0.05, 0.1) is 29.5 Å². The average Bonchev–Trinajstić information content (AvgIpc) is 2.91. The van der Waals surface area contributed by atoms with Crippen molar-refractivity contribution in [2.24, 2.45) is 5.92 Å². The molecule has 1 aliphatic rings. The van der Waals surface area contributed by atoms with Gasteiger partial charge in [-0.05, 0) is 25.7 Å². The van der Waals surface area contributed by atoms with Crippen LogP contribution in [0.5, 0.6) is 0 Å². The molecule has 1 saturated carbocycles. The number of ether oxygens (including phenoxy) is 1. The molecule has 3 atom stereocenters. The van der Waals surface area contributed by atoms with Crippen molar-refractivity contribution in [1.29, 1.82) is 0 Å². The average molecular weight is 312 g/mol. The minimum Gasteiger partial charge on any atom is -0.389 e. The van der Waals surface area contributed by atoms with Gasteiger partial charge in [-0.25, -0.2) is 4.98 Å². The minimum absolute atomic E-state index is 0.347. The summed E-state index contributed by atoms with van der Waals surface area (Å²) in [7, 11) is 0. The molecule has 4 nitrogen and oxygen atoms in total. The van der Waals surface area contributed by atoms with E-state index in [1.165, 1.54) is 25.7 Å². The van der Waals surface area contributed by atoms with Gasteiger partial charge >= 0.3 is 0 Å². The SMILES string of the molecule is CCC1CCCCC1OCC(O)CNCc1csc(C)n1. The Labute approximate surface area is 131 Å². The predicted molar refractivity (Wildman–Crippen MR) is 86.6 cm³/mol. The molecule has 1 aromatic heterocycles. The molecule has 1 fully saturated rings. The molecule has 3 unspecified atom stereocenters. The Morgan fingerprint density at radius 2 is 2.29 bits per heavy atom. The molecule has 1 aliphatic carbocycles. The molecule has 0 bridgehead atoms. The minimum atomic E-state index is -0.441. The Balaban J connectivity index is 1.61. The fraction of sp³-hybridized carbons (Fsp3) is 0.812. The fourth-order valence-corrected chi connectivity index (χ4v) is 3.62. The maximum absolute atomic E-state index is 10.0. The van der Waals surface area contributed by atoms with E-state index in [1.807, 2.05) is 6.92 Å². The summed E-state index contributed by atoms with van der Waals surface area (Å²) in [4.78, 5) is 4.39. The van der Waals surface area contributed by atoms with E-state index in [-0.39, 0.29) is 0 Å². The molecule has 0 aromatic carbocycles. The highest BCUT2D eigenvalue weighted by Gasteiger charge is 2.24. The van der Waals surface area contributed by atoms with Crippen molar-refractivity contribution in [3.63, 3.8) is 0 Å². The fourth-order valence-electron chi connectivity index (χ4n) is 3.01. The molecule has 1 heterocycles. The number of thiazole rings is 1. The number of aromatic nitrogens is 1. The van der Waals surface area contributed by atoms with Crippen molar-refractivity contribution in [1.82, 2.24) is 10.3 Å². The largest absolute Gasteiger partial charge is 0.389 e. The van der Waals surface area contributed by atoms with Crippen molar-refractivity contribution in [2.45, 2.75) is 64.7 Å². The van der Waals surface area contributed by atoms with Gasteiger partial charge in [-0.1, -0.05) is 26.2 Å². The lowest BCUT2D eigenvalue weighted by atomic mass is 9.85. The van der Waals surface area contributed by atoms with Gasteiger partial charge in [-0.15, -0.1) is 11.3 Å². The quantitative estimate of drug-likeness (QED) is 0.775. The third kappa shape index (κ3) is 5.66. The van der Waals surface area contributed by atoms with Gasteiger partial charge in [-0.3, -0.25) is 0 Å². The molecular formula is C16H28N2O2S. The van der Waals surface area contributed by atoms with Crippen LogP contribution in [0.15, 0.2) is 5.38 Å². The molecule has 21 heavy (non-hydrogen) atoms. The van der Waals surface area contributed by atoms with E-state index in [0.29, 0.717) is 31.7 Å². The van der Waals surface area contributed by atoms with Crippen molar-refractivity contribution >= 4 is 11.3 Å². The van der Waals surface area contributed by atoms with Crippen LogP contribution in [-0.4, -0.2) is 35.5 Å². The lowest BCUT2D eigenvalue weighted by Gasteiger charge is -2.31. The van der Waals surface area contributed by atoms with Crippen molar-refractivity contribution in [2.75, 3.05) is 13.2 Å². The molecule has 2 rings (SSSR count). The molecule has 0 amide bonds. The summed E-state index contributed by atoms with van der Waals surface area (Å²) in [5, 5.41) is 16.4. The number of aryl methyl sites for hydroxylation is 1. The molecule has 5 heteroatoms. The zero-order valence-corrected chi connectivity index (χ0v) is 14.0. The second kappa shape index (κ2) is 8.83. The van der Waals surface area contributed by atoms with Gasteiger partial charge in [0.2, 0.25) is 0 Å². The second-order valence-corrected chi connectivity index (χ2v) is 7.03. The van der Waals surface area contributed by atoms with Gasteiger partial charge in [0.15, 0.2) is 0 Å². The smallest absolute Gasteiger partial charge is 0.0897 e. The normalized spacial score (nSPS) is 24.1. The van der Waals surface area contributed by atoms with E-state index in [2.05, 4.69) is 22.6 Å². The topological polar surface area (TPSA) is 54.4 Å². The highest BCUT2D eigenvalue weighted by molar-refractivity contribution is 7.09. The monoisotopic (exact) mass is 312 g/mol. The van der Waals surface area contributed by atoms with E-state index >= 15 is 0 Å². The first-order valence-corrected chi connectivity index (χ1v) is 8.98. The van der Waals surface area contributed by atoms with E-state index in [4.69, 9.17) is 4.74 Å². The van der Waals surface area contributed by atoms with E-state index in [0.717, 1.165) is 17.1 Å². The summed E-state index contributed by atoms with van der Waals surface area (Å²) in [5.74, 6) is 0.678. The van der Waals surface area contributed by atoms with Gasteiger partial charge < -0.3 is 15.2 Å². The lowest BCUT2D eigenvalue weighted by molar-refractivity contribution is -0.0499. The van der Waals surface area contributed by atoms with Crippen LogP contribution in [0.2, 0.25) is 0 Å². The molecule has 0 spiro atoms. The summed E-state index contributed by atoms with van der Waals surface area (Å²) < 4.78 is 5.95. The summed E-state index contributed by atoms with van der Waals surface area (Å²) in [5.41, 5.74) is 1.05. The van der Waals surface area contributed by atoms with E-state index in [9.17, 15) is 5.11 Å². The van der Waals surface area contributed by atoms with Crippen LogP contribution in [0, 0.1) is 12.8 Å². The van der Waals surface area contributed by atoms with Crippen LogP contribution in [0.4, 0.5) is 0 Å².